The summed E-state index contributed by atoms with van der Waals surface area (Å²) in [6, 6.07) is 6.41. The molecule has 7 heteroatoms. The molecule has 0 fully saturated rings. The monoisotopic (exact) mass is 303 g/mol. The highest BCUT2D eigenvalue weighted by Gasteiger charge is 2.13. The van der Waals surface area contributed by atoms with Crippen LogP contribution in [0.4, 0.5) is 0 Å². The summed E-state index contributed by atoms with van der Waals surface area (Å²) >= 11 is 1.39. The number of carbonyl (C=O) groups is 1. The fraction of sp³-hybridized carbons (Fsp3) is 0.417. The molecule has 19 heavy (non-hydrogen) atoms. The molecule has 0 aliphatic heterocycles. The standard InChI is InChI=1S/C12H17NO4S2/c1-3-13-19(16,17)11-6-4-10(5-7-11)18-8-9(2)12(14)15/h4-7,9,13H,3,8H2,1-2H3,(H,14,15). The first-order valence-electron chi connectivity index (χ1n) is 5.82. The minimum Gasteiger partial charge on any atom is -0.481 e. The highest BCUT2D eigenvalue weighted by atomic mass is 32.2. The Balaban J connectivity index is 2.69. The number of hydrogen-bond donors (Lipinski definition) is 2. The van der Waals surface area contributed by atoms with E-state index in [4.69, 9.17) is 5.11 Å². The maximum atomic E-state index is 11.7. The second-order valence-corrected chi connectivity index (χ2v) is 6.88. The van der Waals surface area contributed by atoms with E-state index in [2.05, 4.69) is 4.72 Å². The molecule has 0 aliphatic carbocycles. The Labute approximate surface area is 117 Å². The van der Waals surface area contributed by atoms with Crippen LogP contribution in [0.25, 0.3) is 0 Å². The summed E-state index contributed by atoms with van der Waals surface area (Å²) in [4.78, 5) is 11.7. The van der Waals surface area contributed by atoms with Gasteiger partial charge in [-0.1, -0.05) is 13.8 Å². The average Bonchev–Trinajstić information content (AvgIpc) is 2.36. The number of sulfonamides is 1. The van der Waals surface area contributed by atoms with Crippen LogP contribution in [0.15, 0.2) is 34.1 Å². The molecule has 2 N–H and O–H groups in total. The molecule has 0 heterocycles. The van der Waals surface area contributed by atoms with Gasteiger partial charge in [0.15, 0.2) is 0 Å². The zero-order valence-corrected chi connectivity index (χ0v) is 12.4. The molecule has 0 saturated carbocycles. The van der Waals surface area contributed by atoms with Gasteiger partial charge in [-0.05, 0) is 24.3 Å². The van der Waals surface area contributed by atoms with Crippen LogP contribution in [0.3, 0.4) is 0 Å². The van der Waals surface area contributed by atoms with Crippen LogP contribution in [0.2, 0.25) is 0 Å². The minimum absolute atomic E-state index is 0.213. The summed E-state index contributed by atoms with van der Waals surface area (Å²) in [5.74, 6) is -0.816. The number of benzene rings is 1. The van der Waals surface area contributed by atoms with Crippen molar-refractivity contribution in [2.45, 2.75) is 23.6 Å². The molecule has 1 atom stereocenters. The van der Waals surface area contributed by atoms with Crippen LogP contribution < -0.4 is 4.72 Å². The Morgan fingerprint density at radius 1 is 1.37 bits per heavy atom. The fourth-order valence-corrected chi connectivity index (χ4v) is 3.24. The Kier molecular flexibility index (Phi) is 5.84. The van der Waals surface area contributed by atoms with E-state index in [1.807, 2.05) is 0 Å². The summed E-state index contributed by atoms with van der Waals surface area (Å²) < 4.78 is 25.8. The number of hydrogen-bond acceptors (Lipinski definition) is 4. The zero-order valence-electron chi connectivity index (χ0n) is 10.8. The molecule has 0 aromatic heterocycles. The second-order valence-electron chi connectivity index (χ2n) is 4.02. The van der Waals surface area contributed by atoms with E-state index in [1.165, 1.54) is 23.9 Å². The van der Waals surface area contributed by atoms with Gasteiger partial charge in [-0.2, -0.15) is 0 Å². The predicted molar refractivity (Wildman–Crippen MR) is 74.8 cm³/mol. The van der Waals surface area contributed by atoms with E-state index in [0.717, 1.165) is 4.90 Å². The van der Waals surface area contributed by atoms with Crippen molar-refractivity contribution < 1.29 is 18.3 Å². The lowest BCUT2D eigenvalue weighted by Crippen LogP contribution is -2.22. The van der Waals surface area contributed by atoms with Crippen LogP contribution in [0, 0.1) is 5.92 Å². The van der Waals surface area contributed by atoms with E-state index in [-0.39, 0.29) is 4.90 Å². The van der Waals surface area contributed by atoms with E-state index in [0.29, 0.717) is 12.3 Å². The van der Waals surface area contributed by atoms with E-state index >= 15 is 0 Å². The van der Waals surface area contributed by atoms with Crippen LogP contribution >= 0.6 is 11.8 Å². The molecule has 0 radical (unpaired) electrons. The molecule has 1 rings (SSSR count). The minimum atomic E-state index is -3.43. The Hall–Kier alpha value is -1.05. The highest BCUT2D eigenvalue weighted by Crippen LogP contribution is 2.22. The quantitative estimate of drug-likeness (QED) is 0.750. The summed E-state index contributed by atoms with van der Waals surface area (Å²) in [6.07, 6.45) is 0. The topological polar surface area (TPSA) is 83.5 Å². The molecule has 106 valence electrons. The van der Waals surface area contributed by atoms with Crippen molar-refractivity contribution in [2.24, 2.45) is 5.92 Å². The molecular weight excluding hydrogens is 286 g/mol. The first-order valence-corrected chi connectivity index (χ1v) is 8.29. The van der Waals surface area contributed by atoms with Crippen LogP contribution in [-0.4, -0.2) is 31.8 Å². The maximum absolute atomic E-state index is 11.7. The van der Waals surface area contributed by atoms with Crippen molar-refractivity contribution in [1.29, 1.82) is 0 Å². The van der Waals surface area contributed by atoms with Gasteiger partial charge in [-0.3, -0.25) is 4.79 Å². The number of aliphatic carboxylic acids is 1. The number of carboxylic acid groups (broad SMARTS) is 1. The van der Waals surface area contributed by atoms with Gasteiger partial charge >= 0.3 is 5.97 Å². The molecule has 1 aromatic carbocycles. The predicted octanol–water partition coefficient (Wildman–Crippen LogP) is 1.80. The third-order valence-electron chi connectivity index (χ3n) is 2.39. The Bertz CT molecular complexity index is 525. The van der Waals surface area contributed by atoms with E-state index < -0.39 is 21.9 Å². The smallest absolute Gasteiger partial charge is 0.307 e. The first-order chi connectivity index (χ1) is 8.86. The SMILES string of the molecule is CCNS(=O)(=O)c1ccc(SCC(C)C(=O)O)cc1. The fourth-order valence-electron chi connectivity index (χ4n) is 1.28. The highest BCUT2D eigenvalue weighted by molar-refractivity contribution is 7.99. The number of nitrogens with one attached hydrogen (secondary N) is 1. The van der Waals surface area contributed by atoms with E-state index in [1.54, 1.807) is 26.0 Å². The number of rotatable bonds is 7. The maximum Gasteiger partial charge on any atom is 0.307 e. The lowest BCUT2D eigenvalue weighted by atomic mass is 10.2. The second kappa shape index (κ2) is 6.93. The third kappa shape index (κ3) is 4.85. The van der Waals surface area contributed by atoms with Crippen LogP contribution in [0.5, 0.6) is 0 Å². The zero-order chi connectivity index (χ0) is 14.5. The summed E-state index contributed by atoms with van der Waals surface area (Å²) in [5.41, 5.74) is 0. The molecule has 0 aliphatic rings. The van der Waals surface area contributed by atoms with E-state index in [9.17, 15) is 13.2 Å². The largest absolute Gasteiger partial charge is 0.481 e. The molecule has 0 saturated heterocycles. The Morgan fingerprint density at radius 3 is 2.42 bits per heavy atom. The molecule has 0 amide bonds. The van der Waals surface area contributed by atoms with Crippen molar-refractivity contribution in [2.75, 3.05) is 12.3 Å². The molecular formula is C12H17NO4S2. The Morgan fingerprint density at radius 2 is 1.95 bits per heavy atom. The average molecular weight is 303 g/mol. The number of thioether (sulfide) groups is 1. The van der Waals surface area contributed by atoms with Gasteiger partial charge < -0.3 is 5.11 Å². The lowest BCUT2D eigenvalue weighted by Gasteiger charge is -2.07. The van der Waals surface area contributed by atoms with Gasteiger partial charge in [0.25, 0.3) is 0 Å². The molecule has 0 bridgehead atoms. The number of carboxylic acids is 1. The van der Waals surface area contributed by atoms with Gasteiger partial charge in [0, 0.05) is 17.2 Å². The van der Waals surface area contributed by atoms with Crippen molar-refractivity contribution in [3.63, 3.8) is 0 Å². The molecule has 1 aromatic rings. The summed E-state index contributed by atoms with van der Waals surface area (Å²) in [5, 5.41) is 8.77. The normalized spacial score (nSPS) is 13.2. The van der Waals surface area contributed by atoms with Gasteiger partial charge in [-0.15, -0.1) is 11.8 Å². The van der Waals surface area contributed by atoms with Gasteiger partial charge in [0.05, 0.1) is 10.8 Å². The van der Waals surface area contributed by atoms with Gasteiger partial charge in [-0.25, -0.2) is 13.1 Å². The molecule has 0 spiro atoms. The van der Waals surface area contributed by atoms with Gasteiger partial charge in [0.2, 0.25) is 10.0 Å². The van der Waals surface area contributed by atoms with Crippen LogP contribution in [0.1, 0.15) is 13.8 Å². The van der Waals surface area contributed by atoms with Crippen molar-refractivity contribution in [3.8, 4) is 0 Å². The van der Waals surface area contributed by atoms with Crippen molar-refractivity contribution in [1.82, 2.24) is 4.72 Å². The summed E-state index contributed by atoms with van der Waals surface area (Å²) in [6.45, 7) is 3.70. The molecule has 1 unspecified atom stereocenters. The first kappa shape index (κ1) is 16.0. The molecule has 5 nitrogen and oxygen atoms in total. The third-order valence-corrected chi connectivity index (χ3v) is 5.22. The van der Waals surface area contributed by atoms with Crippen molar-refractivity contribution in [3.05, 3.63) is 24.3 Å². The van der Waals surface area contributed by atoms with Crippen LogP contribution in [-0.2, 0) is 14.8 Å². The summed E-state index contributed by atoms with van der Waals surface area (Å²) in [7, 11) is -3.43. The lowest BCUT2D eigenvalue weighted by molar-refractivity contribution is -0.140. The van der Waals surface area contributed by atoms with Gasteiger partial charge in [0.1, 0.15) is 0 Å². The van der Waals surface area contributed by atoms with Crippen molar-refractivity contribution >= 4 is 27.8 Å².